The maximum Gasteiger partial charge on any atom is 0.270 e. The average molecular weight is 580 g/mol. The Labute approximate surface area is 243 Å². The summed E-state index contributed by atoms with van der Waals surface area (Å²) in [5.74, 6) is 2.04. The lowest BCUT2D eigenvalue weighted by atomic mass is 10.1. The number of likely N-dealkylation sites (tertiary alicyclic amines) is 1. The van der Waals surface area contributed by atoms with Crippen molar-refractivity contribution in [2.75, 3.05) is 31.1 Å². The number of amides is 1. The molecule has 0 atom stereocenters. The van der Waals surface area contributed by atoms with Crippen molar-refractivity contribution >= 4 is 57.6 Å². The van der Waals surface area contributed by atoms with E-state index in [1.54, 1.807) is 17.0 Å². The van der Waals surface area contributed by atoms with Crippen LogP contribution in [0.3, 0.4) is 0 Å². The molecule has 39 heavy (non-hydrogen) atoms. The van der Waals surface area contributed by atoms with Crippen LogP contribution < -0.4 is 20.1 Å². The Bertz CT molecular complexity index is 1320. The predicted octanol–water partition coefficient (Wildman–Crippen LogP) is 6.73. The van der Waals surface area contributed by atoms with Gasteiger partial charge in [0.1, 0.15) is 17.2 Å². The number of ether oxygens (including phenoxy) is 2. The normalized spacial score (nSPS) is 17.7. The van der Waals surface area contributed by atoms with Crippen LogP contribution in [0, 0.1) is 0 Å². The number of halogens is 1. The summed E-state index contributed by atoms with van der Waals surface area (Å²) in [4.78, 5) is 17.8. The van der Waals surface area contributed by atoms with Crippen molar-refractivity contribution in [3.63, 3.8) is 0 Å². The van der Waals surface area contributed by atoms with Crippen molar-refractivity contribution in [3.8, 4) is 17.2 Å². The van der Waals surface area contributed by atoms with Gasteiger partial charge < -0.3 is 20.1 Å². The van der Waals surface area contributed by atoms with Crippen LogP contribution in [0.1, 0.15) is 24.8 Å². The van der Waals surface area contributed by atoms with E-state index in [-0.39, 0.29) is 5.91 Å². The molecule has 0 radical (unpaired) electrons. The molecular formula is C30H30ClN3O3S2. The third kappa shape index (κ3) is 7.41. The van der Waals surface area contributed by atoms with Gasteiger partial charge in [-0.05, 0) is 105 Å². The van der Waals surface area contributed by atoms with E-state index in [0.717, 1.165) is 55.9 Å². The molecule has 202 valence electrons. The minimum absolute atomic E-state index is 0.138. The largest absolute Gasteiger partial charge is 0.494 e. The van der Waals surface area contributed by atoms with Crippen LogP contribution in [0.15, 0.2) is 77.7 Å². The van der Waals surface area contributed by atoms with E-state index in [4.69, 9.17) is 39.0 Å². The van der Waals surface area contributed by atoms with Crippen molar-refractivity contribution in [2.45, 2.75) is 25.3 Å². The average Bonchev–Trinajstić information content (AvgIpc) is 3.22. The van der Waals surface area contributed by atoms with Crippen molar-refractivity contribution in [1.29, 1.82) is 0 Å². The summed E-state index contributed by atoms with van der Waals surface area (Å²) in [6.07, 6.45) is 4.95. The van der Waals surface area contributed by atoms with Gasteiger partial charge in [-0.25, -0.2) is 0 Å². The van der Waals surface area contributed by atoms with Crippen molar-refractivity contribution in [2.24, 2.45) is 5.73 Å². The smallest absolute Gasteiger partial charge is 0.270 e. The van der Waals surface area contributed by atoms with Crippen molar-refractivity contribution in [3.05, 3.63) is 88.3 Å². The molecule has 0 bridgehead atoms. The lowest BCUT2D eigenvalue weighted by Gasteiger charge is -2.29. The topological polar surface area (TPSA) is 68.0 Å². The number of carbonyl (C=O) groups is 1. The van der Waals surface area contributed by atoms with Crippen LogP contribution in [-0.4, -0.2) is 47.4 Å². The van der Waals surface area contributed by atoms with Gasteiger partial charge in [0, 0.05) is 17.6 Å². The minimum atomic E-state index is -0.138. The van der Waals surface area contributed by atoms with E-state index >= 15 is 0 Å². The summed E-state index contributed by atoms with van der Waals surface area (Å²) in [5, 5.41) is 0.657. The number of rotatable bonds is 9. The second-order valence-electron chi connectivity index (χ2n) is 9.52. The highest BCUT2D eigenvalue weighted by Crippen LogP contribution is 2.37. The monoisotopic (exact) mass is 579 g/mol. The predicted molar refractivity (Wildman–Crippen MR) is 164 cm³/mol. The molecule has 2 fully saturated rings. The summed E-state index contributed by atoms with van der Waals surface area (Å²) in [6, 6.07) is 22.6. The molecule has 2 aliphatic rings. The molecule has 5 rings (SSSR count). The SMILES string of the molecule is NC1CCN(CCCOc2ccc(N3C(=O)C(=Cc4ccc(Oc5ccc(Cl)cc5)cc4)SC3=S)cc2)CC1. The first-order valence-corrected chi connectivity index (χ1v) is 14.6. The van der Waals surface area contributed by atoms with E-state index in [9.17, 15) is 4.79 Å². The number of carbonyl (C=O) groups excluding carboxylic acids is 1. The van der Waals surface area contributed by atoms with Gasteiger partial charge in [-0.3, -0.25) is 9.69 Å². The molecule has 2 aliphatic heterocycles. The van der Waals surface area contributed by atoms with Gasteiger partial charge in [-0.2, -0.15) is 0 Å². The number of piperidine rings is 1. The van der Waals surface area contributed by atoms with E-state index < -0.39 is 0 Å². The number of hydrogen-bond donors (Lipinski definition) is 1. The maximum atomic E-state index is 13.2. The van der Waals surface area contributed by atoms with E-state index in [1.165, 1.54) is 11.8 Å². The van der Waals surface area contributed by atoms with Crippen molar-refractivity contribution in [1.82, 2.24) is 4.90 Å². The second kappa shape index (κ2) is 13.0. The quantitative estimate of drug-likeness (QED) is 0.171. The zero-order valence-corrected chi connectivity index (χ0v) is 23.8. The van der Waals surface area contributed by atoms with Gasteiger partial charge >= 0.3 is 0 Å². The number of thiocarbonyl (C=S) groups is 1. The van der Waals surface area contributed by atoms with Crippen LogP contribution >= 0.6 is 35.6 Å². The molecule has 0 saturated carbocycles. The van der Waals surface area contributed by atoms with Crippen molar-refractivity contribution < 1.29 is 14.3 Å². The first-order valence-electron chi connectivity index (χ1n) is 13.0. The Hall–Kier alpha value is -2.88. The summed E-state index contributed by atoms with van der Waals surface area (Å²) in [7, 11) is 0. The van der Waals surface area contributed by atoms with Gasteiger partial charge in [0.25, 0.3) is 5.91 Å². The lowest BCUT2D eigenvalue weighted by Crippen LogP contribution is -2.40. The van der Waals surface area contributed by atoms with E-state index in [2.05, 4.69) is 4.90 Å². The highest BCUT2D eigenvalue weighted by atomic mass is 35.5. The number of anilines is 1. The number of benzene rings is 3. The molecule has 0 aromatic heterocycles. The fraction of sp³-hybridized carbons (Fsp3) is 0.267. The first kappa shape index (κ1) is 27.7. The molecule has 3 aromatic carbocycles. The molecule has 9 heteroatoms. The minimum Gasteiger partial charge on any atom is -0.494 e. The Morgan fingerprint density at radius 2 is 1.56 bits per heavy atom. The molecule has 2 saturated heterocycles. The van der Waals surface area contributed by atoms with E-state index in [1.807, 2.05) is 66.7 Å². The third-order valence-corrected chi connectivity index (χ3v) is 8.19. The molecule has 3 aromatic rings. The highest BCUT2D eigenvalue weighted by Gasteiger charge is 2.33. The van der Waals surface area contributed by atoms with Crippen LogP contribution in [0.2, 0.25) is 5.02 Å². The Morgan fingerprint density at radius 1 is 0.949 bits per heavy atom. The lowest BCUT2D eigenvalue weighted by molar-refractivity contribution is -0.113. The molecule has 0 unspecified atom stereocenters. The Kier molecular flexibility index (Phi) is 9.21. The van der Waals surface area contributed by atoms with Gasteiger partial charge in [0.15, 0.2) is 4.32 Å². The fourth-order valence-electron chi connectivity index (χ4n) is 4.46. The van der Waals surface area contributed by atoms with Crippen LogP contribution in [-0.2, 0) is 4.79 Å². The maximum absolute atomic E-state index is 13.2. The molecule has 0 aliphatic carbocycles. The van der Waals surface area contributed by atoms with Gasteiger partial charge in [0.05, 0.1) is 17.2 Å². The number of hydrogen-bond acceptors (Lipinski definition) is 7. The van der Waals surface area contributed by atoms with Crippen LogP contribution in [0.4, 0.5) is 5.69 Å². The zero-order chi connectivity index (χ0) is 27.2. The van der Waals surface area contributed by atoms with Gasteiger partial charge in [0.2, 0.25) is 0 Å². The summed E-state index contributed by atoms with van der Waals surface area (Å²) < 4.78 is 12.3. The number of thioether (sulfide) groups is 1. The summed E-state index contributed by atoms with van der Waals surface area (Å²) in [6.45, 7) is 3.80. The third-order valence-electron chi connectivity index (χ3n) is 6.64. The van der Waals surface area contributed by atoms with Gasteiger partial charge in [-0.15, -0.1) is 0 Å². The molecular weight excluding hydrogens is 550 g/mol. The summed E-state index contributed by atoms with van der Waals surface area (Å²) in [5.41, 5.74) is 7.59. The molecule has 2 N–H and O–H groups in total. The highest BCUT2D eigenvalue weighted by molar-refractivity contribution is 8.27. The van der Waals surface area contributed by atoms with E-state index in [0.29, 0.717) is 38.4 Å². The fourth-order valence-corrected chi connectivity index (χ4v) is 5.88. The number of nitrogens with zero attached hydrogens (tertiary/aromatic N) is 2. The molecule has 0 spiro atoms. The van der Waals surface area contributed by atoms with Crippen LogP contribution in [0.25, 0.3) is 6.08 Å². The second-order valence-corrected chi connectivity index (χ2v) is 11.6. The molecule has 2 heterocycles. The zero-order valence-electron chi connectivity index (χ0n) is 21.4. The van der Waals surface area contributed by atoms with Crippen LogP contribution in [0.5, 0.6) is 17.2 Å². The molecule has 1 amide bonds. The summed E-state index contributed by atoms with van der Waals surface area (Å²) >= 11 is 12.8. The Morgan fingerprint density at radius 3 is 2.23 bits per heavy atom. The Balaban J connectivity index is 1.14. The first-order chi connectivity index (χ1) is 18.9. The molecule has 6 nitrogen and oxygen atoms in total. The standard InChI is InChI=1S/C30H30ClN3O3S2/c31-22-4-10-27(11-5-22)37-26-8-2-21(3-9-26)20-28-29(35)34(30(38)39-28)24-6-12-25(13-7-24)36-19-1-16-33-17-14-23(32)15-18-33/h2-13,20,23H,1,14-19,32H2. The number of nitrogens with two attached hydrogens (primary N) is 1. The van der Waals surface area contributed by atoms with Gasteiger partial charge in [-0.1, -0.05) is 47.7 Å².